The molecule has 0 amide bonds. The fourth-order valence-electron chi connectivity index (χ4n) is 4.11. The van der Waals surface area contributed by atoms with Gasteiger partial charge in [-0.15, -0.1) is 0 Å². The van der Waals surface area contributed by atoms with Crippen molar-refractivity contribution in [1.82, 2.24) is 0 Å². The molecule has 1 aromatic carbocycles. The summed E-state index contributed by atoms with van der Waals surface area (Å²) in [5.41, 5.74) is 5.23. The first-order valence-electron chi connectivity index (χ1n) is 13.7. The molecule has 0 fully saturated rings. The molecule has 0 saturated heterocycles. The Morgan fingerprint density at radius 1 is 0.767 bits per heavy atom. The van der Waals surface area contributed by atoms with Crippen molar-refractivity contribution in [3.8, 4) is 0 Å². The van der Waals surface area contributed by atoms with Gasteiger partial charge in [0.15, 0.2) is 0 Å². The summed E-state index contributed by atoms with van der Waals surface area (Å²) in [6.07, 6.45) is 14.1. The maximum absolute atomic E-state index is 12.9. The van der Waals surface area contributed by atoms with Gasteiger partial charge in [-0.1, -0.05) is 56.7 Å². The number of allylic oxidation sites excluding steroid dienone is 10. The predicted octanol–water partition coefficient (Wildman–Crippen LogP) is 7.69. The van der Waals surface area contributed by atoms with Crippen molar-refractivity contribution in [3.05, 3.63) is 138 Å². The molecule has 0 aromatic heterocycles. The van der Waals surface area contributed by atoms with E-state index in [4.69, 9.17) is 18.9 Å². The van der Waals surface area contributed by atoms with Crippen LogP contribution in [0.2, 0.25) is 0 Å². The number of benzene rings is 1. The Kier molecular flexibility index (Phi) is 12.0. The van der Waals surface area contributed by atoms with E-state index in [1.54, 1.807) is 25.1 Å². The molecule has 8 heteroatoms. The smallest absolute Gasteiger partial charge is 0.371 e. The number of rotatable bonds is 14. The highest BCUT2D eigenvalue weighted by atomic mass is 19.1. The summed E-state index contributed by atoms with van der Waals surface area (Å²) in [4.78, 5) is 35.3. The van der Waals surface area contributed by atoms with Gasteiger partial charge in [-0.05, 0) is 78.8 Å². The molecule has 0 saturated carbocycles. The van der Waals surface area contributed by atoms with Crippen molar-refractivity contribution >= 4 is 23.5 Å². The highest BCUT2D eigenvalue weighted by molar-refractivity contribution is 5.91. The van der Waals surface area contributed by atoms with E-state index >= 15 is 0 Å². The summed E-state index contributed by atoms with van der Waals surface area (Å²) in [5.74, 6) is -2.26. The minimum Gasteiger partial charge on any atom is -0.494 e. The summed E-state index contributed by atoms with van der Waals surface area (Å²) < 4.78 is 33.6. The van der Waals surface area contributed by atoms with Crippen molar-refractivity contribution in [1.29, 1.82) is 0 Å². The molecule has 0 aliphatic heterocycles. The molecule has 43 heavy (non-hydrogen) atoms. The van der Waals surface area contributed by atoms with Crippen molar-refractivity contribution in [2.24, 2.45) is 0 Å². The van der Waals surface area contributed by atoms with Crippen LogP contribution >= 0.6 is 0 Å². The van der Waals surface area contributed by atoms with E-state index in [-0.39, 0.29) is 12.4 Å². The molecular formula is C35H35FO7. The molecule has 0 N–H and O–H groups in total. The van der Waals surface area contributed by atoms with Crippen LogP contribution in [0, 0.1) is 0 Å². The summed E-state index contributed by atoms with van der Waals surface area (Å²) >= 11 is 0. The van der Waals surface area contributed by atoms with Crippen molar-refractivity contribution < 1.29 is 37.7 Å². The lowest BCUT2D eigenvalue weighted by Gasteiger charge is -2.20. The number of ether oxygens (including phenoxy) is 4. The van der Waals surface area contributed by atoms with Gasteiger partial charge in [-0.2, -0.15) is 4.39 Å². The van der Waals surface area contributed by atoms with E-state index in [1.165, 1.54) is 17.7 Å². The quantitative estimate of drug-likeness (QED) is 0.0552. The van der Waals surface area contributed by atoms with Gasteiger partial charge in [0.25, 0.3) is 0 Å². The highest BCUT2D eigenvalue weighted by Crippen LogP contribution is 2.34. The number of carbonyl (C=O) groups is 3. The zero-order valence-electron chi connectivity index (χ0n) is 24.3. The van der Waals surface area contributed by atoms with Gasteiger partial charge < -0.3 is 18.9 Å². The molecule has 3 rings (SSSR count). The number of hydrogen-bond acceptors (Lipinski definition) is 7. The fourth-order valence-corrected chi connectivity index (χ4v) is 4.11. The second-order valence-corrected chi connectivity index (χ2v) is 9.85. The minimum atomic E-state index is -1.12. The normalized spacial score (nSPS) is 14.4. The van der Waals surface area contributed by atoms with Crippen LogP contribution in [0.3, 0.4) is 0 Å². The number of carbonyl (C=O) groups excluding carboxylic acids is 3. The maximum Gasteiger partial charge on any atom is 0.371 e. The van der Waals surface area contributed by atoms with E-state index in [0.717, 1.165) is 29.6 Å². The third-order valence-corrected chi connectivity index (χ3v) is 6.45. The van der Waals surface area contributed by atoms with E-state index in [1.807, 2.05) is 18.2 Å². The monoisotopic (exact) mass is 586 g/mol. The molecule has 0 atom stereocenters. The lowest BCUT2D eigenvalue weighted by Crippen LogP contribution is -2.08. The largest absolute Gasteiger partial charge is 0.494 e. The van der Waals surface area contributed by atoms with Crippen LogP contribution in [-0.4, -0.2) is 31.1 Å². The Morgan fingerprint density at radius 3 is 1.93 bits per heavy atom. The standard InChI is InChI=1S/C35H35FO7/c1-23(2)33(37)41-22-6-21-40-24(3)7-8-25(4)42-35(39)31-15-13-29(14-16-31)27-9-11-28(12-10-27)30-17-19-32(20-18-30)43-34(38)26(5)36/h7-9,11,13-17,19H,1,3-6,10,12,18,20-22H2,2H3/b8-7-. The Morgan fingerprint density at radius 2 is 1.35 bits per heavy atom. The van der Waals surface area contributed by atoms with Gasteiger partial charge >= 0.3 is 17.9 Å². The van der Waals surface area contributed by atoms with Crippen LogP contribution in [0.1, 0.15) is 54.9 Å². The molecule has 0 unspecified atom stereocenters. The summed E-state index contributed by atoms with van der Waals surface area (Å²) in [5, 5.41) is 0. The summed E-state index contributed by atoms with van der Waals surface area (Å²) in [7, 11) is 0. The molecule has 224 valence electrons. The van der Waals surface area contributed by atoms with Gasteiger partial charge in [0.2, 0.25) is 5.83 Å². The average Bonchev–Trinajstić information content (AvgIpc) is 3.00. The van der Waals surface area contributed by atoms with Gasteiger partial charge in [-0.25, -0.2) is 14.4 Å². The second kappa shape index (κ2) is 15.9. The molecule has 7 nitrogen and oxygen atoms in total. The topological polar surface area (TPSA) is 88.1 Å². The molecular weight excluding hydrogens is 551 g/mol. The number of esters is 3. The first-order chi connectivity index (χ1) is 20.5. The zero-order chi connectivity index (χ0) is 31.4. The van der Waals surface area contributed by atoms with Crippen LogP contribution < -0.4 is 0 Å². The van der Waals surface area contributed by atoms with Crippen LogP contribution in [0.4, 0.5) is 4.39 Å². The van der Waals surface area contributed by atoms with E-state index < -0.39 is 23.7 Å². The summed E-state index contributed by atoms with van der Waals surface area (Å²) in [6, 6.07) is 7.18. The first kappa shape index (κ1) is 32.5. The van der Waals surface area contributed by atoms with Crippen LogP contribution in [-0.2, 0) is 28.5 Å². The number of halogens is 1. The van der Waals surface area contributed by atoms with E-state index in [2.05, 4.69) is 38.5 Å². The molecule has 1 aromatic rings. The van der Waals surface area contributed by atoms with Crippen LogP contribution in [0.15, 0.2) is 127 Å². The minimum absolute atomic E-state index is 0.131. The lowest BCUT2D eigenvalue weighted by atomic mass is 9.87. The number of hydrogen-bond donors (Lipinski definition) is 0. The Balaban J connectivity index is 1.46. The second-order valence-electron chi connectivity index (χ2n) is 9.85. The van der Waals surface area contributed by atoms with Gasteiger partial charge in [0.1, 0.15) is 17.3 Å². The molecule has 0 radical (unpaired) electrons. The van der Waals surface area contributed by atoms with E-state index in [0.29, 0.717) is 48.5 Å². The SMILES string of the molecule is C=C(/C=C\C(=C)OC(=O)c1ccc(C2=CC=C(C3=CC=C(OC(=O)C(=C)F)CC3)CC2)cc1)OCCCOC(=O)C(=C)C. The van der Waals surface area contributed by atoms with E-state index in [9.17, 15) is 18.8 Å². The third-order valence-electron chi connectivity index (χ3n) is 6.45. The third kappa shape index (κ3) is 10.4. The molecule has 0 spiro atoms. The predicted molar refractivity (Wildman–Crippen MR) is 163 cm³/mol. The Bertz CT molecular complexity index is 1470. The van der Waals surface area contributed by atoms with Crippen LogP contribution in [0.25, 0.3) is 5.57 Å². The Labute approximate surface area is 251 Å². The van der Waals surface area contributed by atoms with Crippen molar-refractivity contribution in [2.75, 3.05) is 13.2 Å². The zero-order valence-corrected chi connectivity index (χ0v) is 24.3. The fraction of sp³-hybridized carbons (Fsp3) is 0.229. The summed E-state index contributed by atoms with van der Waals surface area (Å²) in [6.45, 7) is 16.1. The van der Waals surface area contributed by atoms with Crippen molar-refractivity contribution in [2.45, 2.75) is 39.0 Å². The lowest BCUT2D eigenvalue weighted by molar-refractivity contribution is -0.139. The highest BCUT2D eigenvalue weighted by Gasteiger charge is 2.18. The van der Waals surface area contributed by atoms with Gasteiger partial charge in [-0.3, -0.25) is 0 Å². The molecule has 0 bridgehead atoms. The Hall–Kier alpha value is -4.98. The van der Waals surface area contributed by atoms with Gasteiger partial charge in [0, 0.05) is 18.4 Å². The first-order valence-corrected chi connectivity index (χ1v) is 13.7. The average molecular weight is 587 g/mol. The van der Waals surface area contributed by atoms with Crippen molar-refractivity contribution in [3.63, 3.8) is 0 Å². The molecule has 2 aliphatic carbocycles. The molecule has 0 heterocycles. The van der Waals surface area contributed by atoms with Gasteiger partial charge in [0.05, 0.1) is 18.8 Å². The molecule has 2 aliphatic rings. The maximum atomic E-state index is 12.9. The van der Waals surface area contributed by atoms with Crippen LogP contribution in [0.5, 0.6) is 0 Å².